The number of anilines is 2. The molecule has 3 rings (SSSR count). The van der Waals surface area contributed by atoms with Crippen molar-refractivity contribution in [3.63, 3.8) is 0 Å². The average molecular weight is 376 g/mol. The fourth-order valence-electron chi connectivity index (χ4n) is 2.63. The highest BCUT2D eigenvalue weighted by atomic mass is 16.5. The van der Waals surface area contributed by atoms with Crippen LogP contribution in [0.25, 0.3) is 0 Å². The molecule has 144 valence electrons. The molecule has 0 spiro atoms. The molecule has 0 radical (unpaired) electrons. The van der Waals surface area contributed by atoms with Gasteiger partial charge >= 0.3 is 0 Å². The summed E-state index contributed by atoms with van der Waals surface area (Å²) in [7, 11) is 0. The van der Waals surface area contributed by atoms with Gasteiger partial charge in [0, 0.05) is 24.6 Å². The van der Waals surface area contributed by atoms with Crippen LogP contribution in [0.3, 0.4) is 0 Å². The van der Waals surface area contributed by atoms with Crippen LogP contribution in [0.2, 0.25) is 0 Å². The minimum atomic E-state index is -0.261. The van der Waals surface area contributed by atoms with Gasteiger partial charge < -0.3 is 15.4 Å². The maximum atomic E-state index is 12.4. The molecule has 1 aromatic heterocycles. The van der Waals surface area contributed by atoms with E-state index in [4.69, 9.17) is 4.74 Å². The summed E-state index contributed by atoms with van der Waals surface area (Å²) in [6.07, 6.45) is 3.13. The highest BCUT2D eigenvalue weighted by molar-refractivity contribution is 6.03. The van der Waals surface area contributed by atoms with E-state index in [1.54, 1.807) is 12.1 Å². The fraction of sp³-hybridized carbons (Fsp3) is 0.227. The second kappa shape index (κ2) is 8.99. The van der Waals surface area contributed by atoms with E-state index in [2.05, 4.69) is 39.7 Å². The molecule has 0 fully saturated rings. The molecule has 0 aliphatic rings. The van der Waals surface area contributed by atoms with Gasteiger partial charge in [0.15, 0.2) is 0 Å². The Balaban J connectivity index is 1.56. The molecule has 1 amide bonds. The smallest absolute Gasteiger partial charge is 0.258 e. The predicted molar refractivity (Wildman–Crippen MR) is 111 cm³/mol. The zero-order valence-corrected chi connectivity index (χ0v) is 16.3. The van der Waals surface area contributed by atoms with E-state index >= 15 is 0 Å². The van der Waals surface area contributed by atoms with Gasteiger partial charge in [-0.15, -0.1) is 0 Å². The molecule has 2 N–H and O–H groups in total. The summed E-state index contributed by atoms with van der Waals surface area (Å²) in [4.78, 5) is 20.8. The molecule has 0 aliphatic heterocycles. The molecule has 1 heterocycles. The van der Waals surface area contributed by atoms with E-state index < -0.39 is 0 Å². The number of amides is 1. The van der Waals surface area contributed by atoms with Gasteiger partial charge in [0.1, 0.15) is 5.75 Å². The van der Waals surface area contributed by atoms with Gasteiger partial charge in [0.05, 0.1) is 11.7 Å². The van der Waals surface area contributed by atoms with Crippen LogP contribution in [0.5, 0.6) is 5.75 Å². The average Bonchev–Trinajstić information content (AvgIpc) is 2.68. The van der Waals surface area contributed by atoms with Gasteiger partial charge in [-0.2, -0.15) is 0 Å². The van der Waals surface area contributed by atoms with E-state index in [-0.39, 0.29) is 12.0 Å². The Kier molecular flexibility index (Phi) is 6.22. The van der Waals surface area contributed by atoms with Crippen LogP contribution in [-0.4, -0.2) is 22.0 Å². The number of carbonyl (C=O) groups excluding carboxylic acids is 1. The van der Waals surface area contributed by atoms with Crippen molar-refractivity contribution in [2.75, 3.05) is 10.6 Å². The fourth-order valence-corrected chi connectivity index (χ4v) is 2.63. The molecule has 6 nitrogen and oxygen atoms in total. The second-order valence-electron chi connectivity index (χ2n) is 6.78. The van der Waals surface area contributed by atoms with Crippen molar-refractivity contribution in [3.05, 3.63) is 77.6 Å². The number of nitrogens with one attached hydrogen (secondary N) is 2. The molecular formula is C22H24N4O2. The Morgan fingerprint density at radius 1 is 1.07 bits per heavy atom. The SMILES string of the molecule is Cc1cccc(CNc2ncc(C(=O)Nc3ccc(OC(C)C)cc3)cn2)c1. The third kappa shape index (κ3) is 5.54. The normalized spacial score (nSPS) is 10.6. The highest BCUT2D eigenvalue weighted by Crippen LogP contribution is 2.17. The summed E-state index contributed by atoms with van der Waals surface area (Å²) < 4.78 is 5.59. The number of rotatable bonds is 7. The minimum absolute atomic E-state index is 0.107. The number of aromatic nitrogens is 2. The zero-order chi connectivity index (χ0) is 19.9. The number of carbonyl (C=O) groups is 1. The van der Waals surface area contributed by atoms with Crippen LogP contribution >= 0.6 is 0 Å². The largest absolute Gasteiger partial charge is 0.491 e. The number of benzene rings is 2. The van der Waals surface area contributed by atoms with Gasteiger partial charge in [-0.25, -0.2) is 9.97 Å². The lowest BCUT2D eigenvalue weighted by molar-refractivity contribution is 0.102. The number of hydrogen-bond acceptors (Lipinski definition) is 5. The molecule has 2 aromatic carbocycles. The van der Waals surface area contributed by atoms with Gasteiger partial charge in [-0.1, -0.05) is 29.8 Å². The van der Waals surface area contributed by atoms with Crippen molar-refractivity contribution in [3.8, 4) is 5.75 Å². The Bertz CT molecular complexity index is 922. The van der Waals surface area contributed by atoms with Crippen molar-refractivity contribution >= 4 is 17.5 Å². The van der Waals surface area contributed by atoms with Gasteiger partial charge in [-0.3, -0.25) is 4.79 Å². The summed E-state index contributed by atoms with van der Waals surface area (Å²) in [5.74, 6) is 0.983. The number of nitrogens with zero attached hydrogens (tertiary/aromatic N) is 2. The van der Waals surface area contributed by atoms with Crippen LogP contribution in [0.15, 0.2) is 60.9 Å². The van der Waals surface area contributed by atoms with Gasteiger partial charge in [-0.05, 0) is 50.6 Å². The lowest BCUT2D eigenvalue weighted by atomic mass is 10.1. The lowest BCUT2D eigenvalue weighted by Crippen LogP contribution is -2.13. The Labute approximate surface area is 165 Å². The van der Waals surface area contributed by atoms with Crippen LogP contribution in [0, 0.1) is 6.92 Å². The van der Waals surface area contributed by atoms with E-state index in [1.807, 2.05) is 38.1 Å². The zero-order valence-electron chi connectivity index (χ0n) is 16.3. The molecule has 0 atom stereocenters. The first-order chi connectivity index (χ1) is 13.5. The monoisotopic (exact) mass is 376 g/mol. The van der Waals surface area contributed by atoms with Crippen molar-refractivity contribution in [2.45, 2.75) is 33.4 Å². The number of hydrogen-bond donors (Lipinski definition) is 2. The summed E-state index contributed by atoms with van der Waals surface area (Å²) >= 11 is 0. The molecule has 0 bridgehead atoms. The predicted octanol–water partition coefficient (Wildman–Crippen LogP) is 4.44. The first-order valence-corrected chi connectivity index (χ1v) is 9.19. The Morgan fingerprint density at radius 3 is 2.43 bits per heavy atom. The van der Waals surface area contributed by atoms with Crippen molar-refractivity contribution in [2.24, 2.45) is 0 Å². The van der Waals surface area contributed by atoms with Crippen LogP contribution < -0.4 is 15.4 Å². The first kappa shape index (κ1) is 19.4. The van der Waals surface area contributed by atoms with E-state index in [1.165, 1.54) is 18.0 Å². The standard InChI is InChI=1S/C22H24N4O2/c1-15(2)28-20-9-7-19(8-10-20)26-21(27)18-13-24-22(25-14-18)23-12-17-6-4-5-16(3)11-17/h4-11,13-15H,12H2,1-3H3,(H,26,27)(H,23,24,25). The number of ether oxygens (including phenoxy) is 1. The van der Waals surface area contributed by atoms with Gasteiger partial charge in [0.2, 0.25) is 5.95 Å². The maximum absolute atomic E-state index is 12.4. The quantitative estimate of drug-likeness (QED) is 0.638. The second-order valence-corrected chi connectivity index (χ2v) is 6.78. The molecule has 28 heavy (non-hydrogen) atoms. The van der Waals surface area contributed by atoms with Crippen molar-refractivity contribution < 1.29 is 9.53 Å². The highest BCUT2D eigenvalue weighted by Gasteiger charge is 2.08. The third-order valence-electron chi connectivity index (χ3n) is 3.93. The lowest BCUT2D eigenvalue weighted by Gasteiger charge is -2.10. The van der Waals surface area contributed by atoms with E-state index in [0.717, 1.165) is 11.3 Å². The van der Waals surface area contributed by atoms with E-state index in [9.17, 15) is 4.79 Å². The topological polar surface area (TPSA) is 76.1 Å². The van der Waals surface area contributed by atoms with Crippen LogP contribution in [-0.2, 0) is 6.54 Å². The van der Waals surface area contributed by atoms with Gasteiger partial charge in [0.25, 0.3) is 5.91 Å². The summed E-state index contributed by atoms with van der Waals surface area (Å²) in [6.45, 7) is 6.61. The molecule has 6 heteroatoms. The molecular weight excluding hydrogens is 352 g/mol. The molecule has 3 aromatic rings. The van der Waals surface area contributed by atoms with Crippen molar-refractivity contribution in [1.82, 2.24) is 9.97 Å². The summed E-state index contributed by atoms with van der Waals surface area (Å²) in [5, 5.41) is 5.99. The summed E-state index contributed by atoms with van der Waals surface area (Å²) in [6, 6.07) is 15.5. The van der Waals surface area contributed by atoms with E-state index in [0.29, 0.717) is 23.7 Å². The summed E-state index contributed by atoms with van der Waals surface area (Å²) in [5.41, 5.74) is 3.43. The van der Waals surface area contributed by atoms with Crippen LogP contribution in [0.4, 0.5) is 11.6 Å². The molecule has 0 saturated heterocycles. The third-order valence-corrected chi connectivity index (χ3v) is 3.93. The minimum Gasteiger partial charge on any atom is -0.491 e. The molecule has 0 unspecified atom stereocenters. The molecule has 0 aliphatic carbocycles. The number of aryl methyl sites for hydroxylation is 1. The van der Waals surface area contributed by atoms with Crippen molar-refractivity contribution in [1.29, 1.82) is 0 Å². The van der Waals surface area contributed by atoms with Crippen LogP contribution in [0.1, 0.15) is 35.3 Å². The Morgan fingerprint density at radius 2 is 1.79 bits per heavy atom. The molecule has 0 saturated carbocycles. The Hall–Kier alpha value is -3.41. The first-order valence-electron chi connectivity index (χ1n) is 9.19. The maximum Gasteiger partial charge on any atom is 0.258 e.